The molecule has 17 atom stereocenters. The van der Waals surface area contributed by atoms with Crippen molar-refractivity contribution >= 4 is 5.91 Å². The zero-order valence-corrected chi connectivity index (χ0v) is 53.4. The average molecular weight is 1250 g/mol. The minimum atomic E-state index is -1.98. The largest absolute Gasteiger partial charge is 0.394 e. The molecule has 0 aromatic carbocycles. The Morgan fingerprint density at radius 2 is 0.795 bits per heavy atom. The summed E-state index contributed by atoms with van der Waals surface area (Å²) in [5.74, 6) is -0.293. The van der Waals surface area contributed by atoms with Crippen LogP contribution in [0.2, 0.25) is 0 Å². The van der Waals surface area contributed by atoms with Crippen molar-refractivity contribution in [1.29, 1.82) is 0 Å². The molecule has 0 aromatic rings. The highest BCUT2D eigenvalue weighted by molar-refractivity contribution is 5.76. The molecular weight excluding hydrogens is 1130 g/mol. The Bertz CT molecular complexity index is 1930. The number of rotatable bonds is 50. The van der Waals surface area contributed by atoms with E-state index in [1.165, 1.54) is 109 Å². The maximum absolute atomic E-state index is 13.4. The molecule has 19 nitrogen and oxygen atoms in total. The van der Waals surface area contributed by atoms with Gasteiger partial charge in [0.15, 0.2) is 18.9 Å². The van der Waals surface area contributed by atoms with E-state index in [1.807, 2.05) is 6.08 Å². The molecule has 12 N–H and O–H groups in total. The number of carbonyl (C=O) groups excluding carboxylic acids is 1. The second kappa shape index (κ2) is 50.5. The van der Waals surface area contributed by atoms with Gasteiger partial charge in [-0.2, -0.15) is 0 Å². The highest BCUT2D eigenvalue weighted by Crippen LogP contribution is 2.33. The number of hydrogen-bond donors (Lipinski definition) is 12. The summed E-state index contributed by atoms with van der Waals surface area (Å²) in [5.41, 5.74) is 0. The molecule has 3 fully saturated rings. The van der Waals surface area contributed by atoms with Crippen molar-refractivity contribution < 1.29 is 89.4 Å². The zero-order valence-electron chi connectivity index (χ0n) is 53.4. The standard InChI is InChI=1S/C69H119NO18/c1-3-5-7-9-11-13-15-17-19-20-21-22-23-24-25-26-27-28-29-30-31-32-33-35-37-39-41-43-45-47-57(75)70-52(53(74)46-44-42-40-38-36-34-18-16-14-12-10-8-6-4-2)51-83-67-63(81)60(78)65(55(49-72)85-67)88-69-64(82)61(79)66(56(50-73)86-69)87-68-62(80)59(77)58(76)54(48-71)84-68/h5,7,11,13-14,16-17,19,21-22,36,38,44,46,52-56,58-69,71-74,76-82H,3-4,6,8-10,12,15,18,20,23-35,37,39-43,45,47-51H2,1-2H3,(H,70,75)/b7-5-,13-11-,16-14+,19-17-,22-21-,38-36+,46-44+. The number of allylic oxidation sites excluding steroid dienone is 13. The minimum Gasteiger partial charge on any atom is -0.394 e. The Hall–Kier alpha value is -3.03. The smallest absolute Gasteiger partial charge is 0.220 e. The molecule has 0 spiro atoms. The Labute approximate surface area is 527 Å². The maximum atomic E-state index is 13.4. The zero-order chi connectivity index (χ0) is 64.0. The van der Waals surface area contributed by atoms with Crippen LogP contribution in [-0.2, 0) is 33.2 Å². The molecule has 19 heteroatoms. The van der Waals surface area contributed by atoms with E-state index in [2.05, 4.69) is 92.1 Å². The Kier molecular flexibility index (Phi) is 45.5. The highest BCUT2D eigenvalue weighted by atomic mass is 16.8. The predicted molar refractivity (Wildman–Crippen MR) is 341 cm³/mol. The number of nitrogens with one attached hydrogen (secondary N) is 1. The van der Waals surface area contributed by atoms with E-state index >= 15 is 0 Å². The molecule has 3 saturated heterocycles. The van der Waals surface area contributed by atoms with Crippen LogP contribution >= 0.6 is 0 Å². The van der Waals surface area contributed by atoms with Gasteiger partial charge in [0.1, 0.15) is 73.2 Å². The third kappa shape index (κ3) is 32.5. The molecule has 508 valence electrons. The van der Waals surface area contributed by atoms with E-state index in [0.717, 1.165) is 70.6 Å². The Balaban J connectivity index is 1.41. The second-order valence-corrected chi connectivity index (χ2v) is 23.9. The summed E-state index contributed by atoms with van der Waals surface area (Å²) in [4.78, 5) is 13.4. The molecule has 0 radical (unpaired) electrons. The van der Waals surface area contributed by atoms with Crippen molar-refractivity contribution in [2.24, 2.45) is 0 Å². The van der Waals surface area contributed by atoms with Gasteiger partial charge in [0.2, 0.25) is 5.91 Å². The van der Waals surface area contributed by atoms with Crippen LogP contribution in [0.5, 0.6) is 0 Å². The fraction of sp³-hybridized carbons (Fsp3) is 0.783. The third-order valence-electron chi connectivity index (χ3n) is 16.4. The van der Waals surface area contributed by atoms with Crippen molar-refractivity contribution in [2.75, 3.05) is 26.4 Å². The van der Waals surface area contributed by atoms with Crippen LogP contribution < -0.4 is 5.32 Å². The summed E-state index contributed by atoms with van der Waals surface area (Å²) in [6.45, 7) is 1.55. The van der Waals surface area contributed by atoms with E-state index in [1.54, 1.807) is 6.08 Å². The normalized spacial score (nSPS) is 28.9. The lowest BCUT2D eigenvalue weighted by Crippen LogP contribution is -2.66. The number of aliphatic hydroxyl groups is 11. The molecule has 0 saturated carbocycles. The number of hydrogen-bond acceptors (Lipinski definition) is 18. The molecule has 3 heterocycles. The lowest BCUT2D eigenvalue weighted by molar-refractivity contribution is -0.379. The van der Waals surface area contributed by atoms with E-state index < -0.39 is 124 Å². The van der Waals surface area contributed by atoms with Crippen LogP contribution in [0.4, 0.5) is 0 Å². The molecule has 3 aliphatic rings. The van der Waals surface area contributed by atoms with Crippen LogP contribution in [0.3, 0.4) is 0 Å². The van der Waals surface area contributed by atoms with Gasteiger partial charge in [0.05, 0.1) is 38.6 Å². The van der Waals surface area contributed by atoms with E-state index in [0.29, 0.717) is 12.8 Å². The van der Waals surface area contributed by atoms with Gasteiger partial charge in [-0.05, 0) is 83.5 Å². The Morgan fingerprint density at radius 1 is 0.420 bits per heavy atom. The maximum Gasteiger partial charge on any atom is 0.220 e. The molecule has 3 aliphatic heterocycles. The lowest BCUT2D eigenvalue weighted by Gasteiger charge is -2.48. The van der Waals surface area contributed by atoms with E-state index in [-0.39, 0.29) is 18.9 Å². The third-order valence-corrected chi connectivity index (χ3v) is 16.4. The van der Waals surface area contributed by atoms with Crippen LogP contribution in [0.15, 0.2) is 85.1 Å². The van der Waals surface area contributed by atoms with Crippen molar-refractivity contribution in [3.8, 4) is 0 Å². The van der Waals surface area contributed by atoms with Gasteiger partial charge < -0.3 is 89.9 Å². The molecular formula is C69H119NO18. The molecule has 3 rings (SSSR count). The van der Waals surface area contributed by atoms with Crippen molar-refractivity contribution in [3.05, 3.63) is 85.1 Å². The second-order valence-electron chi connectivity index (χ2n) is 23.9. The van der Waals surface area contributed by atoms with E-state index in [9.17, 15) is 61.0 Å². The molecule has 17 unspecified atom stereocenters. The first-order valence-corrected chi connectivity index (χ1v) is 33.8. The topological polar surface area (TPSA) is 307 Å². The highest BCUT2D eigenvalue weighted by Gasteiger charge is 2.53. The van der Waals surface area contributed by atoms with Crippen LogP contribution in [0.1, 0.15) is 213 Å². The number of unbranched alkanes of at least 4 members (excludes halogenated alkanes) is 22. The first-order chi connectivity index (χ1) is 42.8. The molecule has 1 amide bonds. The van der Waals surface area contributed by atoms with Gasteiger partial charge in [-0.1, -0.05) is 208 Å². The average Bonchev–Trinajstić information content (AvgIpc) is 2.57. The minimum absolute atomic E-state index is 0.228. The van der Waals surface area contributed by atoms with Crippen molar-refractivity contribution in [3.63, 3.8) is 0 Å². The van der Waals surface area contributed by atoms with Crippen LogP contribution in [0, 0.1) is 0 Å². The van der Waals surface area contributed by atoms with Crippen molar-refractivity contribution in [1.82, 2.24) is 5.32 Å². The first kappa shape index (κ1) is 79.2. The summed E-state index contributed by atoms with van der Waals surface area (Å²) < 4.78 is 34.3. The Morgan fingerprint density at radius 3 is 1.27 bits per heavy atom. The number of ether oxygens (including phenoxy) is 6. The summed E-state index contributed by atoms with van der Waals surface area (Å²) in [7, 11) is 0. The molecule has 0 bridgehead atoms. The van der Waals surface area contributed by atoms with Gasteiger partial charge in [0, 0.05) is 6.42 Å². The summed E-state index contributed by atoms with van der Waals surface area (Å²) in [5, 5.41) is 120. The first-order valence-electron chi connectivity index (χ1n) is 33.8. The van der Waals surface area contributed by atoms with Gasteiger partial charge in [-0.25, -0.2) is 0 Å². The van der Waals surface area contributed by atoms with Gasteiger partial charge in [-0.15, -0.1) is 0 Å². The molecule has 0 aromatic heterocycles. The number of carbonyl (C=O) groups is 1. The summed E-state index contributed by atoms with van der Waals surface area (Å²) in [6, 6.07) is -0.999. The fourth-order valence-corrected chi connectivity index (χ4v) is 10.9. The van der Waals surface area contributed by atoms with Crippen LogP contribution in [0.25, 0.3) is 0 Å². The van der Waals surface area contributed by atoms with Crippen LogP contribution in [-0.4, -0.2) is 193 Å². The van der Waals surface area contributed by atoms with Gasteiger partial charge >= 0.3 is 0 Å². The number of aliphatic hydroxyl groups excluding tert-OH is 11. The predicted octanol–water partition coefficient (Wildman–Crippen LogP) is 8.32. The number of amides is 1. The van der Waals surface area contributed by atoms with Crippen molar-refractivity contribution in [2.45, 2.75) is 317 Å². The van der Waals surface area contributed by atoms with E-state index in [4.69, 9.17) is 28.4 Å². The summed E-state index contributed by atoms with van der Waals surface area (Å²) >= 11 is 0. The van der Waals surface area contributed by atoms with Gasteiger partial charge in [0.25, 0.3) is 0 Å². The molecule has 88 heavy (non-hydrogen) atoms. The van der Waals surface area contributed by atoms with Gasteiger partial charge in [-0.3, -0.25) is 4.79 Å². The fourth-order valence-electron chi connectivity index (χ4n) is 10.9. The quantitative estimate of drug-likeness (QED) is 0.0201. The molecule has 0 aliphatic carbocycles. The SMILES string of the molecule is CC/C=C\C/C=C\C/C=C\C/C=C\CCCCCCCCCCCCCCCCCCC(=O)NC(COC1OC(CO)C(OC2OC(CO)C(OC3OC(CO)C(O)C(O)C3O)C(O)C2O)C(O)C1O)C(O)/C=C/CC/C=C/CC/C=C/CCCCCC. The lowest BCUT2D eigenvalue weighted by atomic mass is 9.96. The summed E-state index contributed by atoms with van der Waals surface area (Å²) in [6.07, 6.45) is 37.1. The monoisotopic (exact) mass is 1250 g/mol.